The fourth-order valence-electron chi connectivity index (χ4n) is 2.08. The third kappa shape index (κ3) is 5.13. The highest BCUT2D eigenvalue weighted by molar-refractivity contribution is 6.30. The minimum Gasteiger partial charge on any atom is -0.347 e. The molecule has 0 heterocycles. The van der Waals surface area contributed by atoms with Crippen LogP contribution in [0.25, 0.3) is 0 Å². The Morgan fingerprint density at radius 2 is 2.00 bits per heavy atom. The molecule has 3 N–H and O–H groups in total. The second kappa shape index (κ2) is 7.92. The minimum atomic E-state index is -0.279. The number of hydrogen-bond donors (Lipinski definition) is 2. The zero-order valence-electron chi connectivity index (χ0n) is 12.4. The summed E-state index contributed by atoms with van der Waals surface area (Å²) in [6.45, 7) is 2.76. The van der Waals surface area contributed by atoms with Crippen molar-refractivity contribution in [2.45, 2.75) is 19.5 Å². The maximum Gasteiger partial charge on any atom is 0.275 e. The van der Waals surface area contributed by atoms with Gasteiger partial charge in [0.05, 0.1) is 0 Å². The Labute approximate surface area is 134 Å². The molecular weight excluding hydrogens is 303 g/mol. The van der Waals surface area contributed by atoms with E-state index < -0.39 is 0 Å². The molecule has 0 saturated carbocycles. The van der Waals surface area contributed by atoms with Gasteiger partial charge in [-0.25, -0.2) is 4.39 Å². The standard InChI is InChI=1S/C17H18ClFN2O/c1-12(14-3-2-4-15(18)9-14)20-11-17(22)21-10-13-5-7-16(19)8-6-13/h2-9,12,20H,10-11H2,1H3,(H,21,22)/p+1/t12-/m1/s1. The molecule has 0 fully saturated rings. The molecule has 0 bridgehead atoms. The van der Waals surface area contributed by atoms with Gasteiger partial charge in [0.1, 0.15) is 11.9 Å². The monoisotopic (exact) mass is 321 g/mol. The van der Waals surface area contributed by atoms with Crippen LogP contribution in [0.5, 0.6) is 0 Å². The third-order valence-electron chi connectivity index (χ3n) is 3.43. The number of hydrogen-bond acceptors (Lipinski definition) is 1. The van der Waals surface area contributed by atoms with E-state index in [1.807, 2.05) is 36.5 Å². The van der Waals surface area contributed by atoms with E-state index in [4.69, 9.17) is 11.6 Å². The summed E-state index contributed by atoms with van der Waals surface area (Å²) in [6, 6.07) is 13.9. The highest BCUT2D eigenvalue weighted by Gasteiger charge is 2.11. The highest BCUT2D eigenvalue weighted by Crippen LogP contribution is 2.14. The van der Waals surface area contributed by atoms with Gasteiger partial charge in [-0.1, -0.05) is 35.9 Å². The molecule has 0 aromatic heterocycles. The van der Waals surface area contributed by atoms with Crippen molar-refractivity contribution in [3.05, 3.63) is 70.5 Å². The maximum atomic E-state index is 12.8. The lowest BCUT2D eigenvalue weighted by Gasteiger charge is -2.11. The molecule has 1 amide bonds. The number of carbonyl (C=O) groups is 1. The van der Waals surface area contributed by atoms with Gasteiger partial charge in [-0.15, -0.1) is 0 Å². The minimum absolute atomic E-state index is 0.0572. The van der Waals surface area contributed by atoms with Gasteiger partial charge in [0, 0.05) is 17.1 Å². The molecule has 22 heavy (non-hydrogen) atoms. The molecule has 0 aliphatic heterocycles. The van der Waals surface area contributed by atoms with Crippen LogP contribution in [0.4, 0.5) is 4.39 Å². The first-order valence-corrected chi connectivity index (χ1v) is 7.52. The van der Waals surface area contributed by atoms with Gasteiger partial charge in [-0.3, -0.25) is 4.79 Å². The van der Waals surface area contributed by atoms with Crippen molar-refractivity contribution in [2.75, 3.05) is 6.54 Å². The molecule has 3 nitrogen and oxygen atoms in total. The van der Waals surface area contributed by atoms with Crippen LogP contribution >= 0.6 is 11.6 Å². The Kier molecular flexibility index (Phi) is 5.92. The average molecular weight is 322 g/mol. The Hall–Kier alpha value is -1.91. The van der Waals surface area contributed by atoms with Crippen molar-refractivity contribution in [3.63, 3.8) is 0 Å². The van der Waals surface area contributed by atoms with Gasteiger partial charge in [0.25, 0.3) is 5.91 Å². The smallest absolute Gasteiger partial charge is 0.275 e. The number of quaternary nitrogens is 1. The van der Waals surface area contributed by atoms with E-state index in [1.54, 1.807) is 12.1 Å². The molecule has 0 aliphatic carbocycles. The molecule has 1 atom stereocenters. The Morgan fingerprint density at radius 3 is 2.68 bits per heavy atom. The first-order chi connectivity index (χ1) is 10.5. The number of amides is 1. The van der Waals surface area contributed by atoms with Gasteiger partial charge < -0.3 is 10.6 Å². The van der Waals surface area contributed by atoms with Crippen molar-refractivity contribution >= 4 is 17.5 Å². The summed E-state index contributed by atoms with van der Waals surface area (Å²) >= 11 is 5.96. The van der Waals surface area contributed by atoms with Crippen molar-refractivity contribution in [2.24, 2.45) is 0 Å². The van der Waals surface area contributed by atoms with Gasteiger partial charge in [-0.2, -0.15) is 0 Å². The molecule has 0 radical (unpaired) electrons. The van der Waals surface area contributed by atoms with Crippen LogP contribution in [0, 0.1) is 5.82 Å². The summed E-state index contributed by atoms with van der Waals surface area (Å²) in [5.74, 6) is -0.336. The summed E-state index contributed by atoms with van der Waals surface area (Å²) in [6.07, 6.45) is 0. The predicted octanol–water partition coefficient (Wildman–Crippen LogP) is 2.42. The fourth-order valence-corrected chi connectivity index (χ4v) is 2.28. The van der Waals surface area contributed by atoms with Crippen LogP contribution in [-0.2, 0) is 11.3 Å². The third-order valence-corrected chi connectivity index (χ3v) is 3.67. The van der Waals surface area contributed by atoms with E-state index in [-0.39, 0.29) is 17.8 Å². The first-order valence-electron chi connectivity index (χ1n) is 7.14. The molecule has 116 valence electrons. The molecule has 2 rings (SSSR count). The van der Waals surface area contributed by atoms with E-state index in [2.05, 4.69) is 5.32 Å². The normalized spacial score (nSPS) is 12.0. The van der Waals surface area contributed by atoms with E-state index in [0.717, 1.165) is 11.1 Å². The number of benzene rings is 2. The van der Waals surface area contributed by atoms with E-state index >= 15 is 0 Å². The van der Waals surface area contributed by atoms with Gasteiger partial charge in [0.2, 0.25) is 0 Å². The second-order valence-electron chi connectivity index (χ2n) is 5.19. The quantitative estimate of drug-likeness (QED) is 0.843. The zero-order chi connectivity index (χ0) is 15.9. The largest absolute Gasteiger partial charge is 0.347 e. The highest BCUT2D eigenvalue weighted by atomic mass is 35.5. The number of carbonyl (C=O) groups excluding carboxylic acids is 1. The van der Waals surface area contributed by atoms with E-state index in [0.29, 0.717) is 18.1 Å². The molecule has 0 spiro atoms. The lowest BCUT2D eigenvalue weighted by Crippen LogP contribution is -2.87. The summed E-state index contributed by atoms with van der Waals surface area (Å²) in [5, 5.41) is 5.46. The lowest BCUT2D eigenvalue weighted by molar-refractivity contribution is -0.682. The molecular formula is C17H19ClFN2O+. The fraction of sp³-hybridized carbons (Fsp3) is 0.235. The SMILES string of the molecule is C[C@@H]([NH2+]CC(=O)NCc1ccc(F)cc1)c1cccc(Cl)c1. The maximum absolute atomic E-state index is 12.8. The molecule has 2 aromatic rings. The van der Waals surface area contributed by atoms with Crippen LogP contribution in [-0.4, -0.2) is 12.5 Å². The van der Waals surface area contributed by atoms with Gasteiger partial charge in [0.15, 0.2) is 6.54 Å². The van der Waals surface area contributed by atoms with Gasteiger partial charge >= 0.3 is 0 Å². The number of halogens is 2. The predicted molar refractivity (Wildman–Crippen MR) is 84.9 cm³/mol. The Morgan fingerprint density at radius 1 is 1.27 bits per heavy atom. The summed E-state index contributed by atoms with van der Waals surface area (Å²) in [5.41, 5.74) is 1.96. The molecule has 0 saturated heterocycles. The van der Waals surface area contributed by atoms with Crippen molar-refractivity contribution in [1.29, 1.82) is 0 Å². The topological polar surface area (TPSA) is 45.7 Å². The van der Waals surface area contributed by atoms with Crippen LogP contribution in [0.1, 0.15) is 24.1 Å². The van der Waals surface area contributed by atoms with Crippen LogP contribution in [0.2, 0.25) is 5.02 Å². The zero-order valence-corrected chi connectivity index (χ0v) is 13.1. The van der Waals surface area contributed by atoms with Crippen LogP contribution < -0.4 is 10.6 Å². The van der Waals surface area contributed by atoms with Crippen molar-refractivity contribution in [1.82, 2.24) is 5.32 Å². The summed E-state index contributed by atoms with van der Waals surface area (Å²) in [4.78, 5) is 11.8. The van der Waals surface area contributed by atoms with Crippen LogP contribution in [0.3, 0.4) is 0 Å². The summed E-state index contributed by atoms with van der Waals surface area (Å²) in [7, 11) is 0. The van der Waals surface area contributed by atoms with Gasteiger partial charge in [-0.05, 0) is 36.8 Å². The Bertz CT molecular complexity index is 631. The van der Waals surface area contributed by atoms with Crippen molar-refractivity contribution in [3.8, 4) is 0 Å². The van der Waals surface area contributed by atoms with Crippen molar-refractivity contribution < 1.29 is 14.5 Å². The molecule has 2 aromatic carbocycles. The summed E-state index contributed by atoms with van der Waals surface area (Å²) < 4.78 is 12.8. The van der Waals surface area contributed by atoms with E-state index in [9.17, 15) is 9.18 Å². The number of nitrogens with two attached hydrogens (primary N) is 1. The Balaban J connectivity index is 1.76. The van der Waals surface area contributed by atoms with Crippen LogP contribution in [0.15, 0.2) is 48.5 Å². The number of rotatable bonds is 6. The molecule has 0 unspecified atom stereocenters. The second-order valence-corrected chi connectivity index (χ2v) is 5.62. The lowest BCUT2D eigenvalue weighted by atomic mass is 10.1. The molecule has 0 aliphatic rings. The average Bonchev–Trinajstić information content (AvgIpc) is 2.52. The first kappa shape index (κ1) is 16.5. The van der Waals surface area contributed by atoms with E-state index in [1.165, 1.54) is 12.1 Å². The number of nitrogens with one attached hydrogen (secondary N) is 1. The molecule has 5 heteroatoms.